The third-order valence-corrected chi connectivity index (χ3v) is 3.36. The average Bonchev–Trinajstić information content (AvgIpc) is 2.91. The number of aromatic nitrogens is 2. The molecule has 0 saturated heterocycles. The predicted octanol–water partition coefficient (Wildman–Crippen LogP) is 3.49. The minimum Gasteiger partial charge on any atom is -0.493 e. The molecule has 1 aromatic carbocycles. The first kappa shape index (κ1) is 16.1. The summed E-state index contributed by atoms with van der Waals surface area (Å²) in [5, 5.41) is 7.05. The average molecular weight is 301 g/mol. The molecule has 0 aliphatic heterocycles. The number of benzene rings is 1. The maximum absolute atomic E-state index is 12.0. The highest BCUT2D eigenvalue weighted by molar-refractivity contribution is 5.89. The Hall–Kier alpha value is -2.30. The van der Waals surface area contributed by atoms with Crippen LogP contribution in [-0.4, -0.2) is 22.3 Å². The molecule has 118 valence electrons. The summed E-state index contributed by atoms with van der Waals surface area (Å²) < 4.78 is 7.48. The summed E-state index contributed by atoms with van der Waals surface area (Å²) in [5.74, 6) is 1.47. The molecule has 1 heterocycles. The number of carbonyl (C=O) groups is 1. The quantitative estimate of drug-likeness (QED) is 0.888. The summed E-state index contributed by atoms with van der Waals surface area (Å²) in [7, 11) is 0. The van der Waals surface area contributed by atoms with E-state index < -0.39 is 0 Å². The SMILES string of the molecule is Cc1ccc(C)c(OCCC(=O)Nc2ccnn2C(C)C)c1. The normalized spacial score (nSPS) is 10.8. The van der Waals surface area contributed by atoms with Crippen molar-refractivity contribution in [3.63, 3.8) is 0 Å². The highest BCUT2D eigenvalue weighted by Crippen LogP contribution is 2.19. The number of carbonyl (C=O) groups excluding carboxylic acids is 1. The maximum Gasteiger partial charge on any atom is 0.228 e. The van der Waals surface area contributed by atoms with Crippen LogP contribution in [0.25, 0.3) is 0 Å². The molecule has 0 aliphatic rings. The summed E-state index contributed by atoms with van der Waals surface area (Å²) in [5.41, 5.74) is 2.22. The van der Waals surface area contributed by atoms with Crippen LogP contribution >= 0.6 is 0 Å². The van der Waals surface area contributed by atoms with Gasteiger partial charge < -0.3 is 10.1 Å². The largest absolute Gasteiger partial charge is 0.493 e. The van der Waals surface area contributed by atoms with Crippen LogP contribution < -0.4 is 10.1 Å². The molecule has 1 amide bonds. The molecule has 0 bridgehead atoms. The van der Waals surface area contributed by atoms with Gasteiger partial charge >= 0.3 is 0 Å². The maximum atomic E-state index is 12.0. The molecule has 0 atom stereocenters. The Kier molecular flexibility index (Phi) is 5.20. The molecular weight excluding hydrogens is 278 g/mol. The monoisotopic (exact) mass is 301 g/mol. The predicted molar refractivity (Wildman–Crippen MR) is 87.3 cm³/mol. The number of anilines is 1. The van der Waals surface area contributed by atoms with Gasteiger partial charge in [0, 0.05) is 12.1 Å². The first-order chi connectivity index (χ1) is 10.5. The van der Waals surface area contributed by atoms with Crippen molar-refractivity contribution >= 4 is 11.7 Å². The smallest absolute Gasteiger partial charge is 0.228 e. The fourth-order valence-corrected chi connectivity index (χ4v) is 2.15. The Bertz CT molecular complexity index is 647. The van der Waals surface area contributed by atoms with Crippen LogP contribution in [0.5, 0.6) is 5.75 Å². The molecule has 0 unspecified atom stereocenters. The van der Waals surface area contributed by atoms with Gasteiger partial charge in [0.05, 0.1) is 19.2 Å². The molecule has 2 aromatic rings. The van der Waals surface area contributed by atoms with E-state index in [0.29, 0.717) is 18.8 Å². The third kappa shape index (κ3) is 4.10. The van der Waals surface area contributed by atoms with Crippen LogP contribution in [-0.2, 0) is 4.79 Å². The van der Waals surface area contributed by atoms with Gasteiger partial charge in [-0.2, -0.15) is 5.10 Å². The van der Waals surface area contributed by atoms with Gasteiger partial charge in [-0.3, -0.25) is 4.79 Å². The van der Waals surface area contributed by atoms with Crippen LogP contribution in [0.15, 0.2) is 30.5 Å². The van der Waals surface area contributed by atoms with Crippen molar-refractivity contribution in [1.82, 2.24) is 9.78 Å². The van der Waals surface area contributed by atoms with E-state index in [1.807, 2.05) is 45.9 Å². The lowest BCUT2D eigenvalue weighted by molar-refractivity contribution is -0.116. The highest BCUT2D eigenvalue weighted by Gasteiger charge is 2.10. The van der Waals surface area contributed by atoms with Crippen molar-refractivity contribution in [1.29, 1.82) is 0 Å². The molecule has 0 spiro atoms. The lowest BCUT2D eigenvalue weighted by atomic mass is 10.1. The first-order valence-corrected chi connectivity index (χ1v) is 7.51. The molecule has 5 nitrogen and oxygen atoms in total. The van der Waals surface area contributed by atoms with Gasteiger partial charge in [0.2, 0.25) is 5.91 Å². The van der Waals surface area contributed by atoms with Crippen molar-refractivity contribution < 1.29 is 9.53 Å². The summed E-state index contributed by atoms with van der Waals surface area (Å²) in [6, 6.07) is 8.05. The van der Waals surface area contributed by atoms with Gasteiger partial charge in [0.25, 0.3) is 0 Å². The van der Waals surface area contributed by atoms with Crippen molar-refractivity contribution in [2.24, 2.45) is 0 Å². The first-order valence-electron chi connectivity index (χ1n) is 7.51. The highest BCUT2D eigenvalue weighted by atomic mass is 16.5. The van der Waals surface area contributed by atoms with Crippen LogP contribution in [0.4, 0.5) is 5.82 Å². The molecule has 0 radical (unpaired) electrons. The second-order valence-corrected chi connectivity index (χ2v) is 5.67. The zero-order valence-electron chi connectivity index (χ0n) is 13.6. The number of hydrogen-bond acceptors (Lipinski definition) is 3. The summed E-state index contributed by atoms with van der Waals surface area (Å²) >= 11 is 0. The molecule has 2 rings (SSSR count). The Labute approximate surface area is 131 Å². The van der Waals surface area contributed by atoms with E-state index in [0.717, 1.165) is 16.9 Å². The number of amides is 1. The number of nitrogens with one attached hydrogen (secondary N) is 1. The number of hydrogen-bond donors (Lipinski definition) is 1. The van der Waals surface area contributed by atoms with Gasteiger partial charge in [0.15, 0.2) is 0 Å². The van der Waals surface area contributed by atoms with Crippen molar-refractivity contribution in [2.75, 3.05) is 11.9 Å². The lowest BCUT2D eigenvalue weighted by Gasteiger charge is -2.12. The van der Waals surface area contributed by atoms with Gasteiger partial charge in [-0.25, -0.2) is 4.68 Å². The van der Waals surface area contributed by atoms with Crippen molar-refractivity contribution in [3.8, 4) is 5.75 Å². The molecule has 1 aromatic heterocycles. The van der Waals surface area contributed by atoms with Crippen LogP contribution in [0.1, 0.15) is 37.4 Å². The summed E-state index contributed by atoms with van der Waals surface area (Å²) in [6.07, 6.45) is 1.98. The second kappa shape index (κ2) is 7.11. The van der Waals surface area contributed by atoms with Crippen LogP contribution in [0.2, 0.25) is 0 Å². The molecule has 1 N–H and O–H groups in total. The fraction of sp³-hybridized carbons (Fsp3) is 0.412. The van der Waals surface area contributed by atoms with Gasteiger partial charge in [-0.15, -0.1) is 0 Å². The van der Waals surface area contributed by atoms with E-state index >= 15 is 0 Å². The van der Waals surface area contributed by atoms with Gasteiger partial charge in [0.1, 0.15) is 11.6 Å². The van der Waals surface area contributed by atoms with Gasteiger partial charge in [-0.1, -0.05) is 12.1 Å². The van der Waals surface area contributed by atoms with E-state index in [9.17, 15) is 4.79 Å². The Balaban J connectivity index is 1.85. The Morgan fingerprint density at radius 3 is 2.82 bits per heavy atom. The standard InChI is InChI=1S/C17H23N3O2/c1-12(2)20-16(7-9-18-20)19-17(21)8-10-22-15-11-13(3)5-6-14(15)4/h5-7,9,11-12H,8,10H2,1-4H3,(H,19,21). The van der Waals surface area contributed by atoms with E-state index in [1.54, 1.807) is 16.9 Å². The zero-order valence-corrected chi connectivity index (χ0v) is 13.6. The number of ether oxygens (including phenoxy) is 1. The van der Waals surface area contributed by atoms with E-state index in [4.69, 9.17) is 4.74 Å². The molecule has 0 saturated carbocycles. The third-order valence-electron chi connectivity index (χ3n) is 3.36. The van der Waals surface area contributed by atoms with E-state index in [2.05, 4.69) is 10.4 Å². The molecule has 22 heavy (non-hydrogen) atoms. The zero-order chi connectivity index (χ0) is 16.1. The van der Waals surface area contributed by atoms with Crippen molar-refractivity contribution in [2.45, 2.75) is 40.2 Å². The second-order valence-electron chi connectivity index (χ2n) is 5.67. The molecule has 0 aliphatic carbocycles. The fourth-order valence-electron chi connectivity index (χ4n) is 2.15. The van der Waals surface area contributed by atoms with Crippen molar-refractivity contribution in [3.05, 3.63) is 41.6 Å². The summed E-state index contributed by atoms with van der Waals surface area (Å²) in [4.78, 5) is 12.0. The van der Waals surface area contributed by atoms with E-state index in [-0.39, 0.29) is 11.9 Å². The van der Waals surface area contributed by atoms with Crippen LogP contribution in [0, 0.1) is 13.8 Å². The van der Waals surface area contributed by atoms with E-state index in [1.165, 1.54) is 0 Å². The topological polar surface area (TPSA) is 56.1 Å². The number of nitrogens with zero attached hydrogens (tertiary/aromatic N) is 2. The minimum atomic E-state index is -0.0762. The Morgan fingerprint density at radius 1 is 1.32 bits per heavy atom. The molecular formula is C17H23N3O2. The molecule has 0 fully saturated rings. The minimum absolute atomic E-state index is 0.0762. The number of aryl methyl sites for hydroxylation is 2. The Morgan fingerprint density at radius 2 is 2.09 bits per heavy atom. The number of rotatable bonds is 6. The van der Waals surface area contributed by atoms with Gasteiger partial charge in [-0.05, 0) is 44.9 Å². The lowest BCUT2D eigenvalue weighted by Crippen LogP contribution is -2.18. The summed E-state index contributed by atoms with van der Waals surface area (Å²) in [6.45, 7) is 8.41. The molecule has 5 heteroatoms. The van der Waals surface area contributed by atoms with Crippen LogP contribution in [0.3, 0.4) is 0 Å².